The van der Waals surface area contributed by atoms with E-state index in [1.165, 1.54) is 29.2 Å². The van der Waals surface area contributed by atoms with Crippen molar-refractivity contribution < 1.29 is 14.0 Å². The molecule has 1 aliphatic rings. The number of halogens is 1. The molecular formula is C11H12FN3O2. The van der Waals surface area contributed by atoms with Crippen molar-refractivity contribution >= 4 is 17.5 Å². The topological polar surface area (TPSA) is 75.4 Å². The highest BCUT2D eigenvalue weighted by atomic mass is 19.1. The Hall–Kier alpha value is -1.95. The first kappa shape index (κ1) is 11.5. The number of carbonyl (C=O) groups excluding carboxylic acids is 2. The van der Waals surface area contributed by atoms with Crippen molar-refractivity contribution in [2.24, 2.45) is 11.8 Å². The van der Waals surface area contributed by atoms with Crippen molar-refractivity contribution in [1.82, 2.24) is 5.43 Å². The first-order valence-electron chi connectivity index (χ1n) is 5.18. The molecule has 5 nitrogen and oxygen atoms in total. The van der Waals surface area contributed by atoms with Gasteiger partial charge in [-0.3, -0.25) is 15.0 Å². The molecule has 90 valence electrons. The number of nitrogens with zero attached hydrogens (tertiary/aromatic N) is 1. The summed E-state index contributed by atoms with van der Waals surface area (Å²) in [6.45, 7) is 0.271. The lowest BCUT2D eigenvalue weighted by Crippen LogP contribution is -2.37. The van der Waals surface area contributed by atoms with Gasteiger partial charge in [0.25, 0.3) is 0 Å². The molecule has 0 aliphatic carbocycles. The Kier molecular flexibility index (Phi) is 3.06. The molecule has 3 N–H and O–H groups in total. The van der Waals surface area contributed by atoms with E-state index >= 15 is 0 Å². The van der Waals surface area contributed by atoms with Crippen LogP contribution < -0.4 is 16.2 Å². The average molecular weight is 237 g/mol. The minimum Gasteiger partial charge on any atom is -0.312 e. The van der Waals surface area contributed by atoms with Crippen LogP contribution >= 0.6 is 0 Å². The van der Waals surface area contributed by atoms with Crippen LogP contribution in [0.1, 0.15) is 6.42 Å². The zero-order valence-electron chi connectivity index (χ0n) is 9.02. The third kappa shape index (κ3) is 2.26. The molecule has 1 heterocycles. The number of amides is 2. The minimum absolute atomic E-state index is 0.125. The maximum atomic E-state index is 12.7. The predicted octanol–water partition coefficient (Wildman–Crippen LogP) is 0.168. The molecule has 0 saturated carbocycles. The van der Waals surface area contributed by atoms with Gasteiger partial charge in [0, 0.05) is 18.7 Å². The molecule has 6 heteroatoms. The molecule has 0 bridgehead atoms. The number of nitrogens with one attached hydrogen (secondary N) is 1. The zero-order chi connectivity index (χ0) is 12.4. The fraction of sp³-hybridized carbons (Fsp3) is 0.273. The van der Waals surface area contributed by atoms with Crippen LogP contribution in [0.25, 0.3) is 0 Å². The van der Waals surface area contributed by atoms with E-state index < -0.39 is 5.92 Å². The molecular weight excluding hydrogens is 225 g/mol. The van der Waals surface area contributed by atoms with Crippen LogP contribution in [-0.2, 0) is 9.59 Å². The van der Waals surface area contributed by atoms with Crippen molar-refractivity contribution in [3.63, 3.8) is 0 Å². The first-order chi connectivity index (χ1) is 8.11. The molecule has 17 heavy (non-hydrogen) atoms. The fourth-order valence-corrected chi connectivity index (χ4v) is 1.87. The number of benzene rings is 1. The largest absolute Gasteiger partial charge is 0.312 e. The Morgan fingerprint density at radius 2 is 2.06 bits per heavy atom. The molecule has 1 aromatic carbocycles. The standard InChI is InChI=1S/C11H12FN3O2/c12-8-1-3-9(4-2-8)15-6-7(5-10(15)16)11(17)14-13/h1-4,7H,5-6,13H2,(H,14,17)/t7-/m0/s1. The van der Waals surface area contributed by atoms with Gasteiger partial charge in [-0.2, -0.15) is 0 Å². The van der Waals surface area contributed by atoms with Crippen LogP contribution in [0.15, 0.2) is 24.3 Å². The second kappa shape index (κ2) is 4.50. The van der Waals surface area contributed by atoms with E-state index in [0.717, 1.165) is 0 Å². The summed E-state index contributed by atoms with van der Waals surface area (Å²) in [5.74, 6) is 3.69. The van der Waals surface area contributed by atoms with Crippen LogP contribution in [0, 0.1) is 11.7 Å². The van der Waals surface area contributed by atoms with Gasteiger partial charge in [0.05, 0.1) is 5.92 Å². The van der Waals surface area contributed by atoms with E-state index in [1.807, 2.05) is 5.43 Å². The molecule has 0 spiro atoms. The number of anilines is 1. The Morgan fingerprint density at radius 1 is 1.41 bits per heavy atom. The molecule has 1 fully saturated rings. The Labute approximate surface area is 97.4 Å². The lowest BCUT2D eigenvalue weighted by atomic mass is 10.1. The molecule has 0 unspecified atom stereocenters. The van der Waals surface area contributed by atoms with Crippen molar-refractivity contribution in [2.75, 3.05) is 11.4 Å². The summed E-state index contributed by atoms with van der Waals surface area (Å²) in [5, 5.41) is 0. The summed E-state index contributed by atoms with van der Waals surface area (Å²) in [7, 11) is 0. The number of hydrazine groups is 1. The first-order valence-corrected chi connectivity index (χ1v) is 5.18. The quantitative estimate of drug-likeness (QED) is 0.437. The monoisotopic (exact) mass is 237 g/mol. The number of rotatable bonds is 2. The van der Waals surface area contributed by atoms with E-state index in [4.69, 9.17) is 5.84 Å². The average Bonchev–Trinajstić information content (AvgIpc) is 2.71. The fourth-order valence-electron chi connectivity index (χ4n) is 1.87. The van der Waals surface area contributed by atoms with Crippen molar-refractivity contribution in [2.45, 2.75) is 6.42 Å². The molecule has 1 atom stereocenters. The number of carbonyl (C=O) groups is 2. The highest BCUT2D eigenvalue weighted by Crippen LogP contribution is 2.25. The third-order valence-corrected chi connectivity index (χ3v) is 2.78. The lowest BCUT2D eigenvalue weighted by molar-refractivity contribution is -0.126. The maximum absolute atomic E-state index is 12.7. The summed E-state index contributed by atoms with van der Waals surface area (Å²) in [5.41, 5.74) is 2.62. The Bertz CT molecular complexity index is 447. The number of hydrogen-bond donors (Lipinski definition) is 2. The molecule has 1 saturated heterocycles. The Balaban J connectivity index is 2.15. The molecule has 0 radical (unpaired) electrons. The molecule has 2 amide bonds. The summed E-state index contributed by atoms with van der Waals surface area (Å²) < 4.78 is 12.7. The highest BCUT2D eigenvalue weighted by molar-refractivity contribution is 6.00. The predicted molar refractivity (Wildman–Crippen MR) is 59.2 cm³/mol. The minimum atomic E-state index is -0.447. The van der Waals surface area contributed by atoms with Gasteiger partial charge in [0.2, 0.25) is 11.8 Å². The second-order valence-corrected chi connectivity index (χ2v) is 3.89. The molecule has 0 aromatic heterocycles. The van der Waals surface area contributed by atoms with Gasteiger partial charge in [-0.15, -0.1) is 0 Å². The van der Waals surface area contributed by atoms with Gasteiger partial charge in [-0.25, -0.2) is 10.2 Å². The van der Waals surface area contributed by atoms with E-state index in [1.54, 1.807) is 0 Å². The van der Waals surface area contributed by atoms with E-state index in [-0.39, 0.29) is 30.6 Å². The van der Waals surface area contributed by atoms with Gasteiger partial charge in [-0.05, 0) is 24.3 Å². The SMILES string of the molecule is NNC(=O)[C@H]1CC(=O)N(c2ccc(F)cc2)C1. The summed E-state index contributed by atoms with van der Waals surface area (Å²) >= 11 is 0. The van der Waals surface area contributed by atoms with Crippen LogP contribution in [0.5, 0.6) is 0 Å². The zero-order valence-corrected chi connectivity index (χ0v) is 9.02. The number of nitrogens with two attached hydrogens (primary N) is 1. The lowest BCUT2D eigenvalue weighted by Gasteiger charge is -2.16. The molecule has 1 aliphatic heterocycles. The summed E-state index contributed by atoms with van der Waals surface area (Å²) in [6, 6.07) is 5.57. The normalized spacial score (nSPS) is 19.5. The van der Waals surface area contributed by atoms with Gasteiger partial charge < -0.3 is 4.90 Å². The maximum Gasteiger partial charge on any atom is 0.239 e. The van der Waals surface area contributed by atoms with Gasteiger partial charge in [0.15, 0.2) is 0 Å². The third-order valence-electron chi connectivity index (χ3n) is 2.78. The number of hydrogen-bond acceptors (Lipinski definition) is 3. The van der Waals surface area contributed by atoms with Crippen molar-refractivity contribution in [3.8, 4) is 0 Å². The van der Waals surface area contributed by atoms with Crippen molar-refractivity contribution in [3.05, 3.63) is 30.1 Å². The van der Waals surface area contributed by atoms with Crippen LogP contribution in [0.4, 0.5) is 10.1 Å². The van der Waals surface area contributed by atoms with Crippen LogP contribution in [-0.4, -0.2) is 18.4 Å². The molecule has 1 aromatic rings. The second-order valence-electron chi connectivity index (χ2n) is 3.89. The highest BCUT2D eigenvalue weighted by Gasteiger charge is 2.34. The van der Waals surface area contributed by atoms with E-state index in [2.05, 4.69) is 0 Å². The summed E-state index contributed by atoms with van der Waals surface area (Å²) in [6.07, 6.45) is 0.125. The van der Waals surface area contributed by atoms with Crippen LogP contribution in [0.2, 0.25) is 0 Å². The van der Waals surface area contributed by atoms with E-state index in [9.17, 15) is 14.0 Å². The van der Waals surface area contributed by atoms with Gasteiger partial charge >= 0.3 is 0 Å². The van der Waals surface area contributed by atoms with Gasteiger partial charge in [-0.1, -0.05) is 0 Å². The Morgan fingerprint density at radius 3 is 2.65 bits per heavy atom. The van der Waals surface area contributed by atoms with E-state index in [0.29, 0.717) is 5.69 Å². The van der Waals surface area contributed by atoms with Gasteiger partial charge in [0.1, 0.15) is 5.82 Å². The molecule has 2 rings (SSSR count). The summed E-state index contributed by atoms with van der Waals surface area (Å²) in [4.78, 5) is 24.5. The van der Waals surface area contributed by atoms with Crippen LogP contribution in [0.3, 0.4) is 0 Å². The van der Waals surface area contributed by atoms with Crippen molar-refractivity contribution in [1.29, 1.82) is 0 Å². The smallest absolute Gasteiger partial charge is 0.239 e.